The standard InChI is InChI=1S/C6H11N3/c1-4-2-3-5(7)9-6(4)8/h2-3,5,9H,7-8H2,1H3. The normalized spacial score (nSPS) is 26.2. The van der Waals surface area contributed by atoms with Crippen LogP contribution in [-0.4, -0.2) is 6.17 Å². The first-order chi connectivity index (χ1) is 4.20. The lowest BCUT2D eigenvalue weighted by molar-refractivity contribution is 0.674. The van der Waals surface area contributed by atoms with Crippen LogP contribution in [0.2, 0.25) is 0 Å². The Bertz CT molecular complexity index is 169. The van der Waals surface area contributed by atoms with Crippen LogP contribution < -0.4 is 16.8 Å². The molecule has 0 bridgehead atoms. The van der Waals surface area contributed by atoms with E-state index in [1.54, 1.807) is 0 Å². The summed E-state index contributed by atoms with van der Waals surface area (Å²) in [7, 11) is 0. The van der Waals surface area contributed by atoms with Crippen LogP contribution in [0.15, 0.2) is 23.5 Å². The van der Waals surface area contributed by atoms with Crippen molar-refractivity contribution in [1.82, 2.24) is 5.32 Å². The third-order valence-corrected chi connectivity index (χ3v) is 1.30. The maximum absolute atomic E-state index is 5.51. The third-order valence-electron chi connectivity index (χ3n) is 1.30. The predicted molar refractivity (Wildman–Crippen MR) is 37.1 cm³/mol. The van der Waals surface area contributed by atoms with E-state index in [4.69, 9.17) is 11.5 Å². The van der Waals surface area contributed by atoms with Crippen molar-refractivity contribution in [3.05, 3.63) is 23.5 Å². The second-order valence-electron chi connectivity index (χ2n) is 2.13. The van der Waals surface area contributed by atoms with E-state index in [0.29, 0.717) is 5.82 Å². The third kappa shape index (κ3) is 1.23. The zero-order valence-corrected chi connectivity index (χ0v) is 5.39. The van der Waals surface area contributed by atoms with Crippen LogP contribution >= 0.6 is 0 Å². The Morgan fingerprint density at radius 2 is 2.33 bits per heavy atom. The smallest absolute Gasteiger partial charge is 0.100 e. The number of hydrogen-bond donors (Lipinski definition) is 3. The molecule has 0 aromatic rings. The molecule has 0 saturated heterocycles. The Labute approximate surface area is 54.4 Å². The highest BCUT2D eigenvalue weighted by molar-refractivity contribution is 5.26. The number of allylic oxidation sites excluding steroid dienone is 2. The Kier molecular flexibility index (Phi) is 1.44. The summed E-state index contributed by atoms with van der Waals surface area (Å²) in [6.45, 7) is 1.94. The lowest BCUT2D eigenvalue weighted by atomic mass is 10.2. The largest absolute Gasteiger partial charge is 0.385 e. The van der Waals surface area contributed by atoms with Crippen molar-refractivity contribution in [1.29, 1.82) is 0 Å². The van der Waals surface area contributed by atoms with Gasteiger partial charge in [-0.25, -0.2) is 0 Å². The maximum Gasteiger partial charge on any atom is 0.100 e. The topological polar surface area (TPSA) is 64.1 Å². The molecule has 0 fully saturated rings. The Morgan fingerprint density at radius 1 is 1.67 bits per heavy atom. The van der Waals surface area contributed by atoms with Gasteiger partial charge in [-0.3, -0.25) is 0 Å². The maximum atomic E-state index is 5.51. The molecule has 3 heteroatoms. The minimum atomic E-state index is -0.117. The molecule has 0 spiro atoms. The Hall–Kier alpha value is -0.960. The lowest BCUT2D eigenvalue weighted by Crippen LogP contribution is -2.39. The van der Waals surface area contributed by atoms with Gasteiger partial charge in [0.25, 0.3) is 0 Å². The molecule has 9 heavy (non-hydrogen) atoms. The van der Waals surface area contributed by atoms with Crippen LogP contribution in [0.25, 0.3) is 0 Å². The van der Waals surface area contributed by atoms with E-state index in [0.717, 1.165) is 5.57 Å². The number of nitrogens with one attached hydrogen (secondary N) is 1. The van der Waals surface area contributed by atoms with Gasteiger partial charge >= 0.3 is 0 Å². The van der Waals surface area contributed by atoms with Crippen LogP contribution in [0.5, 0.6) is 0 Å². The molecule has 3 nitrogen and oxygen atoms in total. The SMILES string of the molecule is CC1=C(N)NC(N)C=C1. The van der Waals surface area contributed by atoms with Gasteiger partial charge < -0.3 is 16.8 Å². The molecule has 1 unspecified atom stereocenters. The molecule has 0 aliphatic carbocycles. The summed E-state index contributed by atoms with van der Waals surface area (Å²) in [6.07, 6.45) is 3.66. The number of hydrogen-bond acceptors (Lipinski definition) is 3. The summed E-state index contributed by atoms with van der Waals surface area (Å²) < 4.78 is 0. The van der Waals surface area contributed by atoms with E-state index in [-0.39, 0.29) is 6.17 Å². The van der Waals surface area contributed by atoms with Gasteiger partial charge in [0.15, 0.2) is 0 Å². The zero-order valence-electron chi connectivity index (χ0n) is 5.39. The van der Waals surface area contributed by atoms with Crippen molar-refractivity contribution >= 4 is 0 Å². The van der Waals surface area contributed by atoms with Gasteiger partial charge in [0, 0.05) is 0 Å². The van der Waals surface area contributed by atoms with Crippen molar-refractivity contribution in [2.24, 2.45) is 11.5 Å². The average molecular weight is 125 g/mol. The van der Waals surface area contributed by atoms with Gasteiger partial charge in [-0.1, -0.05) is 6.08 Å². The highest BCUT2D eigenvalue weighted by Gasteiger charge is 2.03. The summed E-state index contributed by atoms with van der Waals surface area (Å²) in [4.78, 5) is 0. The van der Waals surface area contributed by atoms with Gasteiger partial charge in [0.1, 0.15) is 5.82 Å². The molecule has 50 valence electrons. The first kappa shape index (κ1) is 6.16. The second kappa shape index (κ2) is 2.11. The molecule has 0 amide bonds. The minimum absolute atomic E-state index is 0.117. The Balaban J connectivity index is 2.75. The first-order valence-electron chi connectivity index (χ1n) is 2.87. The molecule has 1 aliphatic rings. The highest BCUT2D eigenvalue weighted by atomic mass is 15.1. The van der Waals surface area contributed by atoms with Crippen molar-refractivity contribution < 1.29 is 0 Å². The van der Waals surface area contributed by atoms with E-state index in [1.165, 1.54) is 0 Å². The number of rotatable bonds is 0. The second-order valence-corrected chi connectivity index (χ2v) is 2.13. The average Bonchev–Trinajstić information content (AvgIpc) is 1.80. The molecule has 0 saturated carbocycles. The van der Waals surface area contributed by atoms with E-state index >= 15 is 0 Å². The van der Waals surface area contributed by atoms with Crippen LogP contribution in [0.1, 0.15) is 6.92 Å². The lowest BCUT2D eigenvalue weighted by Gasteiger charge is -2.16. The molecular weight excluding hydrogens is 114 g/mol. The molecule has 1 atom stereocenters. The quantitative estimate of drug-likeness (QED) is 0.413. The Morgan fingerprint density at radius 3 is 2.78 bits per heavy atom. The van der Waals surface area contributed by atoms with Crippen LogP contribution in [0.3, 0.4) is 0 Å². The predicted octanol–water partition coefficient (Wildman–Crippen LogP) is -0.379. The molecule has 1 rings (SSSR count). The number of nitrogens with two attached hydrogens (primary N) is 2. The van der Waals surface area contributed by atoms with Crippen molar-refractivity contribution in [3.63, 3.8) is 0 Å². The van der Waals surface area contributed by atoms with Gasteiger partial charge in [0.2, 0.25) is 0 Å². The van der Waals surface area contributed by atoms with E-state index < -0.39 is 0 Å². The fourth-order valence-corrected chi connectivity index (χ4v) is 0.679. The summed E-state index contributed by atoms with van der Waals surface area (Å²) in [5.74, 6) is 0.671. The molecule has 1 aliphatic heterocycles. The first-order valence-corrected chi connectivity index (χ1v) is 2.87. The van der Waals surface area contributed by atoms with Crippen molar-refractivity contribution in [3.8, 4) is 0 Å². The van der Waals surface area contributed by atoms with E-state index in [9.17, 15) is 0 Å². The number of dihydropyridines is 1. The fraction of sp³-hybridized carbons (Fsp3) is 0.333. The zero-order chi connectivity index (χ0) is 6.85. The van der Waals surface area contributed by atoms with Gasteiger partial charge in [-0.2, -0.15) is 0 Å². The van der Waals surface area contributed by atoms with Crippen molar-refractivity contribution in [2.45, 2.75) is 13.1 Å². The fourth-order valence-electron chi connectivity index (χ4n) is 0.679. The van der Waals surface area contributed by atoms with Crippen LogP contribution in [0.4, 0.5) is 0 Å². The summed E-state index contributed by atoms with van der Waals surface area (Å²) in [6, 6.07) is 0. The summed E-state index contributed by atoms with van der Waals surface area (Å²) >= 11 is 0. The summed E-state index contributed by atoms with van der Waals surface area (Å²) in [5, 5.41) is 2.88. The van der Waals surface area contributed by atoms with E-state index in [2.05, 4.69) is 5.32 Å². The van der Waals surface area contributed by atoms with Crippen molar-refractivity contribution in [2.75, 3.05) is 0 Å². The van der Waals surface area contributed by atoms with E-state index in [1.807, 2.05) is 19.1 Å². The van der Waals surface area contributed by atoms with Gasteiger partial charge in [0.05, 0.1) is 6.17 Å². The van der Waals surface area contributed by atoms with Gasteiger partial charge in [-0.05, 0) is 18.6 Å². The van der Waals surface area contributed by atoms with Crippen LogP contribution in [0, 0.1) is 0 Å². The highest BCUT2D eigenvalue weighted by Crippen LogP contribution is 2.02. The molecule has 0 radical (unpaired) electrons. The molecule has 0 aromatic carbocycles. The van der Waals surface area contributed by atoms with Gasteiger partial charge in [-0.15, -0.1) is 0 Å². The molecule has 1 heterocycles. The summed E-state index contributed by atoms with van der Waals surface area (Å²) in [5.41, 5.74) is 12.0. The monoisotopic (exact) mass is 125 g/mol. The minimum Gasteiger partial charge on any atom is -0.385 e. The molecule has 5 N–H and O–H groups in total. The van der Waals surface area contributed by atoms with Crippen LogP contribution in [-0.2, 0) is 0 Å². The molecular formula is C6H11N3. The molecule has 0 aromatic heterocycles.